The highest BCUT2D eigenvalue weighted by Gasteiger charge is 2.36. The van der Waals surface area contributed by atoms with Gasteiger partial charge in [0.25, 0.3) is 0 Å². The minimum absolute atomic E-state index is 0.262. The average molecular weight is 220 g/mol. The molecule has 1 fully saturated rings. The Morgan fingerprint density at radius 3 is 2.56 bits per heavy atom. The van der Waals surface area contributed by atoms with Crippen LogP contribution < -0.4 is 0 Å². The van der Waals surface area contributed by atoms with E-state index in [2.05, 4.69) is 4.98 Å². The van der Waals surface area contributed by atoms with Gasteiger partial charge in [-0.15, -0.1) is 0 Å². The molecular formula is C13H20N2O. The van der Waals surface area contributed by atoms with Crippen LogP contribution in [0.25, 0.3) is 0 Å². The molecule has 16 heavy (non-hydrogen) atoms. The van der Waals surface area contributed by atoms with Crippen LogP contribution in [0.2, 0.25) is 0 Å². The van der Waals surface area contributed by atoms with Gasteiger partial charge in [-0.3, -0.25) is 4.79 Å². The van der Waals surface area contributed by atoms with Gasteiger partial charge in [0.15, 0.2) is 5.78 Å². The Labute approximate surface area is 96.9 Å². The van der Waals surface area contributed by atoms with Crippen molar-refractivity contribution in [3.63, 3.8) is 0 Å². The normalized spacial score (nSPS) is 17.9. The monoisotopic (exact) mass is 220 g/mol. The molecule has 1 heterocycles. The van der Waals surface area contributed by atoms with Gasteiger partial charge in [-0.05, 0) is 33.6 Å². The molecule has 1 aliphatic rings. The number of imidazole rings is 1. The van der Waals surface area contributed by atoms with Gasteiger partial charge in [0.1, 0.15) is 0 Å². The zero-order valence-corrected chi connectivity index (χ0v) is 10.4. The number of nitrogens with zero attached hydrogens (tertiary/aromatic N) is 2. The number of ketones is 1. The fourth-order valence-electron chi connectivity index (χ4n) is 2.54. The van der Waals surface area contributed by atoms with E-state index in [0.29, 0.717) is 5.78 Å². The predicted octanol–water partition coefficient (Wildman–Crippen LogP) is 2.69. The Balaban J connectivity index is 2.20. The number of carbonyl (C=O) groups excluding carboxylic acids is 1. The van der Waals surface area contributed by atoms with Crippen LogP contribution in [0.1, 0.15) is 45.2 Å². The lowest BCUT2D eigenvalue weighted by molar-refractivity contribution is -0.130. The summed E-state index contributed by atoms with van der Waals surface area (Å²) in [6.07, 6.45) is 8.26. The predicted molar refractivity (Wildman–Crippen MR) is 63.3 cm³/mol. The standard InChI is InChI=1S/C13H20N2O/c1-10-8-15(9-14-10)13(2,3)12(16)11-6-4-5-7-11/h8-9,11H,4-7H2,1-3H3. The van der Waals surface area contributed by atoms with E-state index in [1.54, 1.807) is 6.33 Å². The SMILES string of the molecule is Cc1cn(C(C)(C)C(=O)C2CCCC2)cn1. The molecule has 0 N–H and O–H groups in total. The summed E-state index contributed by atoms with van der Waals surface area (Å²) in [5.74, 6) is 0.625. The Kier molecular flexibility index (Phi) is 2.87. The highest BCUT2D eigenvalue weighted by Crippen LogP contribution is 2.31. The van der Waals surface area contributed by atoms with Crippen molar-refractivity contribution >= 4 is 5.78 Å². The van der Waals surface area contributed by atoms with Crippen LogP contribution in [-0.4, -0.2) is 15.3 Å². The number of hydrogen-bond donors (Lipinski definition) is 0. The number of rotatable bonds is 3. The Morgan fingerprint density at radius 2 is 2.06 bits per heavy atom. The molecule has 0 saturated heterocycles. The molecule has 0 radical (unpaired) electrons. The highest BCUT2D eigenvalue weighted by molar-refractivity contribution is 5.88. The first kappa shape index (κ1) is 11.4. The van der Waals surface area contributed by atoms with E-state index in [1.807, 2.05) is 31.5 Å². The van der Waals surface area contributed by atoms with E-state index in [0.717, 1.165) is 18.5 Å². The zero-order valence-electron chi connectivity index (χ0n) is 10.4. The number of aryl methyl sites for hydroxylation is 1. The Bertz CT molecular complexity index is 386. The van der Waals surface area contributed by atoms with Crippen molar-refractivity contribution in [2.75, 3.05) is 0 Å². The molecule has 1 aromatic rings. The fraction of sp³-hybridized carbons (Fsp3) is 0.692. The second kappa shape index (κ2) is 4.04. The summed E-state index contributed by atoms with van der Waals surface area (Å²) >= 11 is 0. The van der Waals surface area contributed by atoms with Crippen LogP contribution in [0, 0.1) is 12.8 Å². The van der Waals surface area contributed by atoms with E-state index in [1.165, 1.54) is 12.8 Å². The molecule has 0 amide bonds. The van der Waals surface area contributed by atoms with Gasteiger partial charge in [0.2, 0.25) is 0 Å². The van der Waals surface area contributed by atoms with Crippen LogP contribution in [0.4, 0.5) is 0 Å². The van der Waals surface area contributed by atoms with E-state index in [-0.39, 0.29) is 5.92 Å². The molecule has 1 aliphatic carbocycles. The maximum absolute atomic E-state index is 12.4. The molecule has 1 aromatic heterocycles. The highest BCUT2D eigenvalue weighted by atomic mass is 16.1. The summed E-state index contributed by atoms with van der Waals surface area (Å²) in [5.41, 5.74) is 0.517. The van der Waals surface area contributed by atoms with Gasteiger partial charge in [0.05, 0.1) is 17.6 Å². The average Bonchev–Trinajstić information content (AvgIpc) is 2.86. The zero-order chi connectivity index (χ0) is 11.8. The summed E-state index contributed by atoms with van der Waals surface area (Å²) in [5, 5.41) is 0. The van der Waals surface area contributed by atoms with E-state index in [4.69, 9.17) is 0 Å². The van der Waals surface area contributed by atoms with Crippen LogP contribution >= 0.6 is 0 Å². The maximum atomic E-state index is 12.4. The molecule has 2 rings (SSSR count). The van der Waals surface area contributed by atoms with Gasteiger partial charge in [-0.25, -0.2) is 4.98 Å². The van der Waals surface area contributed by atoms with Gasteiger partial charge < -0.3 is 4.57 Å². The largest absolute Gasteiger partial charge is 0.325 e. The third-order valence-electron chi connectivity index (χ3n) is 3.69. The van der Waals surface area contributed by atoms with Crippen molar-refractivity contribution in [3.8, 4) is 0 Å². The number of Topliss-reactive ketones (excluding diaryl/α,β-unsaturated/α-hetero) is 1. The van der Waals surface area contributed by atoms with Gasteiger partial charge in [-0.2, -0.15) is 0 Å². The summed E-state index contributed by atoms with van der Waals surface area (Å²) in [6, 6.07) is 0. The van der Waals surface area contributed by atoms with Crippen LogP contribution in [-0.2, 0) is 10.3 Å². The molecule has 0 unspecified atom stereocenters. The van der Waals surface area contributed by atoms with E-state index in [9.17, 15) is 4.79 Å². The van der Waals surface area contributed by atoms with Crippen LogP contribution in [0.3, 0.4) is 0 Å². The topological polar surface area (TPSA) is 34.9 Å². The molecule has 0 atom stereocenters. The van der Waals surface area contributed by atoms with Crippen LogP contribution in [0.5, 0.6) is 0 Å². The maximum Gasteiger partial charge on any atom is 0.161 e. The lowest BCUT2D eigenvalue weighted by Crippen LogP contribution is -2.38. The van der Waals surface area contributed by atoms with Crippen molar-refractivity contribution in [3.05, 3.63) is 18.2 Å². The summed E-state index contributed by atoms with van der Waals surface area (Å²) in [4.78, 5) is 16.6. The molecule has 0 aromatic carbocycles. The third kappa shape index (κ3) is 1.91. The lowest BCUT2D eigenvalue weighted by atomic mass is 9.87. The first-order valence-corrected chi connectivity index (χ1v) is 6.07. The molecule has 88 valence electrons. The quantitative estimate of drug-likeness (QED) is 0.785. The summed E-state index contributed by atoms with van der Waals surface area (Å²) in [6.45, 7) is 5.94. The minimum Gasteiger partial charge on any atom is -0.325 e. The molecule has 0 bridgehead atoms. The van der Waals surface area contributed by atoms with Crippen molar-refractivity contribution < 1.29 is 4.79 Å². The minimum atomic E-state index is -0.448. The smallest absolute Gasteiger partial charge is 0.161 e. The summed E-state index contributed by atoms with van der Waals surface area (Å²) in [7, 11) is 0. The third-order valence-corrected chi connectivity index (χ3v) is 3.69. The first-order valence-electron chi connectivity index (χ1n) is 6.07. The molecule has 3 heteroatoms. The fourth-order valence-corrected chi connectivity index (χ4v) is 2.54. The number of hydrogen-bond acceptors (Lipinski definition) is 2. The van der Waals surface area contributed by atoms with Crippen molar-refractivity contribution in [1.82, 2.24) is 9.55 Å². The van der Waals surface area contributed by atoms with Gasteiger partial charge >= 0.3 is 0 Å². The second-order valence-electron chi connectivity index (χ2n) is 5.33. The molecule has 0 aliphatic heterocycles. The van der Waals surface area contributed by atoms with Crippen molar-refractivity contribution in [2.24, 2.45) is 5.92 Å². The lowest BCUT2D eigenvalue weighted by Gasteiger charge is -2.27. The molecular weight excluding hydrogens is 200 g/mol. The van der Waals surface area contributed by atoms with Gasteiger partial charge in [-0.1, -0.05) is 12.8 Å². The summed E-state index contributed by atoms with van der Waals surface area (Å²) < 4.78 is 1.95. The first-order chi connectivity index (χ1) is 7.51. The van der Waals surface area contributed by atoms with E-state index < -0.39 is 5.54 Å². The van der Waals surface area contributed by atoms with Crippen molar-refractivity contribution in [2.45, 2.75) is 52.0 Å². The Hall–Kier alpha value is -1.12. The molecule has 1 saturated carbocycles. The van der Waals surface area contributed by atoms with Gasteiger partial charge in [0, 0.05) is 12.1 Å². The molecule has 3 nitrogen and oxygen atoms in total. The Morgan fingerprint density at radius 1 is 1.44 bits per heavy atom. The van der Waals surface area contributed by atoms with Crippen LogP contribution in [0.15, 0.2) is 12.5 Å². The second-order valence-corrected chi connectivity index (χ2v) is 5.33. The molecule has 0 spiro atoms. The van der Waals surface area contributed by atoms with E-state index >= 15 is 0 Å². The number of carbonyl (C=O) groups is 1. The number of aromatic nitrogens is 2. The van der Waals surface area contributed by atoms with Crippen molar-refractivity contribution in [1.29, 1.82) is 0 Å².